The van der Waals surface area contributed by atoms with E-state index in [9.17, 15) is 19.8 Å². The second-order valence-electron chi connectivity index (χ2n) is 17.3. The van der Waals surface area contributed by atoms with Gasteiger partial charge in [-0.05, 0) is 128 Å². The van der Waals surface area contributed by atoms with Gasteiger partial charge in [0, 0.05) is 24.7 Å². The molecule has 6 heteroatoms. The highest BCUT2D eigenvalue weighted by atomic mass is 16.6. The molecule has 0 amide bonds. The number of ether oxygens (including phenoxy) is 2. The molecular formula is C39H72O6. The Morgan fingerprint density at radius 3 is 1.53 bits per heavy atom. The molecule has 0 radical (unpaired) electrons. The highest BCUT2D eigenvalue weighted by Gasteiger charge is 2.65. The van der Waals surface area contributed by atoms with Crippen molar-refractivity contribution < 1.29 is 29.3 Å². The first kappa shape index (κ1) is 40.0. The van der Waals surface area contributed by atoms with Crippen LogP contribution in [0.25, 0.3) is 0 Å². The van der Waals surface area contributed by atoms with E-state index in [0.29, 0.717) is 51.4 Å². The van der Waals surface area contributed by atoms with Crippen LogP contribution in [0.4, 0.5) is 0 Å². The van der Waals surface area contributed by atoms with Gasteiger partial charge in [-0.3, -0.25) is 9.59 Å². The van der Waals surface area contributed by atoms with E-state index in [2.05, 4.69) is 13.8 Å². The Kier molecular flexibility index (Phi) is 11.3. The molecule has 0 spiro atoms. The van der Waals surface area contributed by atoms with Gasteiger partial charge in [0.05, 0.1) is 22.0 Å². The molecule has 8 fully saturated rings. The largest absolute Gasteiger partial charge is 0.458 e. The standard InChI is InChI=1S/C35H56O6.4CH4/c1-7-30(6,28(37)41-35(8-2,9-3)31-13-23-10-24(14-31)12-25(11-23)15-31)19-29(4,5)27(36)40-34-18-26-16-32(38,21-34)20-33(39,17-26)22-34;;;;/h23-26,38-39H,7-22H2,1-6H3;4*1H4. The van der Waals surface area contributed by atoms with E-state index in [-0.39, 0.29) is 53.0 Å². The molecule has 0 aromatic rings. The third-order valence-corrected chi connectivity index (χ3v) is 13.4. The number of hydrogen-bond donors (Lipinski definition) is 2. The number of esters is 2. The Morgan fingerprint density at radius 1 is 0.667 bits per heavy atom. The van der Waals surface area contributed by atoms with E-state index in [1.54, 1.807) is 0 Å². The predicted octanol–water partition coefficient (Wildman–Crippen LogP) is 9.42. The quantitative estimate of drug-likeness (QED) is 0.232. The molecule has 8 aliphatic carbocycles. The summed E-state index contributed by atoms with van der Waals surface area (Å²) < 4.78 is 13.1. The predicted molar refractivity (Wildman–Crippen MR) is 184 cm³/mol. The molecule has 3 unspecified atom stereocenters. The van der Waals surface area contributed by atoms with Crippen LogP contribution < -0.4 is 0 Å². The molecule has 2 N–H and O–H groups in total. The Morgan fingerprint density at radius 2 is 1.13 bits per heavy atom. The molecule has 0 saturated heterocycles. The van der Waals surface area contributed by atoms with Crippen molar-refractivity contribution in [3.8, 4) is 0 Å². The summed E-state index contributed by atoms with van der Waals surface area (Å²) in [6.45, 7) is 12.2. The molecule has 8 bridgehead atoms. The molecule has 0 aromatic carbocycles. The highest BCUT2D eigenvalue weighted by molar-refractivity contribution is 5.81. The van der Waals surface area contributed by atoms with Crippen molar-refractivity contribution in [2.75, 3.05) is 0 Å². The van der Waals surface area contributed by atoms with Crippen LogP contribution in [-0.2, 0) is 19.1 Å². The van der Waals surface area contributed by atoms with Gasteiger partial charge in [0.1, 0.15) is 11.2 Å². The number of rotatable bonds is 10. The summed E-state index contributed by atoms with van der Waals surface area (Å²) >= 11 is 0. The second-order valence-corrected chi connectivity index (χ2v) is 17.3. The first-order valence-corrected chi connectivity index (χ1v) is 17.0. The molecule has 264 valence electrons. The minimum Gasteiger partial charge on any atom is -0.458 e. The summed E-state index contributed by atoms with van der Waals surface area (Å²) in [6.07, 6.45) is 13.5. The molecule has 8 saturated carbocycles. The maximum atomic E-state index is 14.3. The number of hydrogen-bond acceptors (Lipinski definition) is 6. The molecule has 0 heterocycles. The summed E-state index contributed by atoms with van der Waals surface area (Å²) in [5.74, 6) is 2.02. The lowest BCUT2D eigenvalue weighted by Crippen LogP contribution is -2.67. The van der Waals surface area contributed by atoms with Crippen molar-refractivity contribution in [2.24, 2.45) is 39.9 Å². The monoisotopic (exact) mass is 637 g/mol. The summed E-state index contributed by atoms with van der Waals surface area (Å²) in [5.41, 5.74) is -4.84. The zero-order valence-electron chi connectivity index (χ0n) is 26.7. The molecule has 0 aromatic heterocycles. The van der Waals surface area contributed by atoms with Crippen LogP contribution in [0.1, 0.15) is 174 Å². The third kappa shape index (κ3) is 6.51. The SMILES string of the molecule is C.C.C.C.CCC(C)(CC(C)(C)C(=O)OC12CC3CC(O)(CC(O)(C3)C1)C2)C(=O)OC(CC)(CC)C12CC3CC(CC(C3)C1)C2. The fourth-order valence-corrected chi connectivity index (χ4v) is 12.3. The summed E-state index contributed by atoms with van der Waals surface area (Å²) in [7, 11) is 0. The first-order valence-electron chi connectivity index (χ1n) is 17.0. The van der Waals surface area contributed by atoms with E-state index in [1.807, 2.05) is 27.7 Å². The number of aliphatic hydroxyl groups is 2. The van der Waals surface area contributed by atoms with Gasteiger partial charge in [-0.2, -0.15) is 0 Å². The molecule has 8 rings (SSSR count). The second kappa shape index (κ2) is 12.7. The Bertz CT molecular complexity index is 1020. The Balaban J connectivity index is 0.00000176. The summed E-state index contributed by atoms with van der Waals surface area (Å²) in [5, 5.41) is 22.4. The van der Waals surface area contributed by atoms with E-state index in [1.165, 1.54) is 38.5 Å². The van der Waals surface area contributed by atoms with Crippen LogP contribution in [0.5, 0.6) is 0 Å². The van der Waals surface area contributed by atoms with Crippen molar-refractivity contribution in [3.05, 3.63) is 0 Å². The van der Waals surface area contributed by atoms with Crippen molar-refractivity contribution in [2.45, 2.75) is 196 Å². The lowest BCUT2D eigenvalue weighted by atomic mass is 9.44. The lowest BCUT2D eigenvalue weighted by Gasteiger charge is -2.63. The van der Waals surface area contributed by atoms with Crippen molar-refractivity contribution >= 4 is 11.9 Å². The van der Waals surface area contributed by atoms with Crippen LogP contribution in [0.15, 0.2) is 0 Å². The van der Waals surface area contributed by atoms with Gasteiger partial charge in [-0.15, -0.1) is 0 Å². The van der Waals surface area contributed by atoms with Crippen LogP contribution in [0, 0.1) is 39.9 Å². The average molecular weight is 637 g/mol. The average Bonchev–Trinajstić information content (AvgIpc) is 2.83. The van der Waals surface area contributed by atoms with Gasteiger partial charge in [-0.1, -0.05) is 50.5 Å². The summed E-state index contributed by atoms with van der Waals surface area (Å²) in [6, 6.07) is 0. The fraction of sp³-hybridized carbons (Fsp3) is 0.949. The lowest BCUT2D eigenvalue weighted by molar-refractivity contribution is -0.264. The maximum absolute atomic E-state index is 14.3. The zero-order valence-corrected chi connectivity index (χ0v) is 26.7. The maximum Gasteiger partial charge on any atom is 0.312 e. The van der Waals surface area contributed by atoms with E-state index in [4.69, 9.17) is 9.47 Å². The van der Waals surface area contributed by atoms with Gasteiger partial charge in [0.2, 0.25) is 0 Å². The van der Waals surface area contributed by atoms with Crippen molar-refractivity contribution in [3.63, 3.8) is 0 Å². The van der Waals surface area contributed by atoms with Gasteiger partial charge < -0.3 is 19.7 Å². The van der Waals surface area contributed by atoms with Crippen LogP contribution >= 0.6 is 0 Å². The minimum atomic E-state index is -0.957. The van der Waals surface area contributed by atoms with Gasteiger partial charge in [0.25, 0.3) is 0 Å². The first-order chi connectivity index (χ1) is 19.0. The molecule has 45 heavy (non-hydrogen) atoms. The topological polar surface area (TPSA) is 93.1 Å². The smallest absolute Gasteiger partial charge is 0.312 e. The highest BCUT2D eigenvalue weighted by Crippen LogP contribution is 2.66. The van der Waals surface area contributed by atoms with Gasteiger partial charge in [0.15, 0.2) is 0 Å². The summed E-state index contributed by atoms with van der Waals surface area (Å²) in [4.78, 5) is 28.1. The normalized spacial score (nSPS) is 40.2. The van der Waals surface area contributed by atoms with Crippen LogP contribution in [0.3, 0.4) is 0 Å². The third-order valence-electron chi connectivity index (χ3n) is 13.4. The zero-order chi connectivity index (χ0) is 29.7. The molecule has 3 atom stereocenters. The van der Waals surface area contributed by atoms with Crippen LogP contribution in [0.2, 0.25) is 0 Å². The molecule has 6 nitrogen and oxygen atoms in total. The number of carbonyl (C=O) groups is 2. The fourth-order valence-electron chi connectivity index (χ4n) is 12.3. The molecule has 0 aliphatic heterocycles. The minimum absolute atomic E-state index is 0. The molecular weight excluding hydrogens is 564 g/mol. The Hall–Kier alpha value is -1.14. The van der Waals surface area contributed by atoms with E-state index < -0.39 is 33.2 Å². The van der Waals surface area contributed by atoms with Crippen LogP contribution in [-0.4, -0.2) is 44.6 Å². The Labute approximate surface area is 277 Å². The molecule has 8 aliphatic rings. The van der Waals surface area contributed by atoms with Gasteiger partial charge in [-0.25, -0.2) is 0 Å². The number of carbonyl (C=O) groups excluding carboxylic acids is 2. The van der Waals surface area contributed by atoms with Gasteiger partial charge >= 0.3 is 11.9 Å². The van der Waals surface area contributed by atoms with Crippen molar-refractivity contribution in [1.82, 2.24) is 0 Å². The van der Waals surface area contributed by atoms with E-state index >= 15 is 0 Å². The van der Waals surface area contributed by atoms with E-state index in [0.717, 1.165) is 30.6 Å². The van der Waals surface area contributed by atoms with Crippen molar-refractivity contribution in [1.29, 1.82) is 0 Å².